The fraction of sp³-hybridized carbons (Fsp3) is 0.143. The van der Waals surface area contributed by atoms with Crippen LogP contribution in [-0.4, -0.2) is 11.7 Å². The van der Waals surface area contributed by atoms with Gasteiger partial charge in [0, 0.05) is 6.61 Å². The van der Waals surface area contributed by atoms with Gasteiger partial charge < -0.3 is 5.11 Å². The summed E-state index contributed by atoms with van der Waals surface area (Å²) in [6.45, 7) is 0.102. The lowest BCUT2D eigenvalue weighted by Gasteiger charge is -2.04. The molecule has 88 valence electrons. The molecule has 0 bridgehead atoms. The fourth-order valence-corrected chi connectivity index (χ4v) is 1.67. The van der Waals surface area contributed by atoms with Crippen LogP contribution in [0.1, 0.15) is 5.56 Å². The van der Waals surface area contributed by atoms with E-state index in [1.807, 2.05) is 24.3 Å². The Morgan fingerprint density at radius 1 is 0.824 bits per heavy atom. The zero-order chi connectivity index (χ0) is 12.3. The lowest BCUT2D eigenvalue weighted by atomic mass is 10.0. The third kappa shape index (κ3) is 2.68. The zero-order valence-corrected chi connectivity index (χ0v) is 9.16. The van der Waals surface area contributed by atoms with Crippen molar-refractivity contribution in [2.24, 2.45) is 0 Å². The Bertz CT molecular complexity index is 506. The van der Waals surface area contributed by atoms with Crippen molar-refractivity contribution in [3.63, 3.8) is 0 Å². The summed E-state index contributed by atoms with van der Waals surface area (Å²) in [6, 6.07) is 11.2. The maximum absolute atomic E-state index is 13.1. The van der Waals surface area contributed by atoms with Gasteiger partial charge in [0.15, 0.2) is 11.6 Å². The Balaban J connectivity index is 2.30. The molecule has 0 aliphatic heterocycles. The molecule has 0 fully saturated rings. The fourth-order valence-electron chi connectivity index (χ4n) is 1.67. The second-order valence-electron chi connectivity index (χ2n) is 3.80. The first-order valence-corrected chi connectivity index (χ1v) is 5.36. The molecule has 17 heavy (non-hydrogen) atoms. The van der Waals surface area contributed by atoms with Gasteiger partial charge in [-0.2, -0.15) is 0 Å². The van der Waals surface area contributed by atoms with Crippen molar-refractivity contribution in [1.82, 2.24) is 0 Å². The molecule has 1 N–H and O–H groups in total. The standard InChI is InChI=1S/C14H12F2O/c15-13-6-5-12(9-14(13)16)11-3-1-10(2-4-11)7-8-17/h1-6,9,17H,7-8H2. The molecule has 0 saturated heterocycles. The lowest BCUT2D eigenvalue weighted by Crippen LogP contribution is -1.90. The van der Waals surface area contributed by atoms with E-state index in [0.29, 0.717) is 12.0 Å². The highest BCUT2D eigenvalue weighted by atomic mass is 19.2. The van der Waals surface area contributed by atoms with E-state index in [1.165, 1.54) is 6.07 Å². The molecule has 0 atom stereocenters. The maximum atomic E-state index is 13.1. The molecule has 0 unspecified atom stereocenters. The van der Waals surface area contributed by atoms with Gasteiger partial charge in [0.2, 0.25) is 0 Å². The van der Waals surface area contributed by atoms with Crippen LogP contribution in [0.15, 0.2) is 42.5 Å². The molecule has 0 aliphatic rings. The van der Waals surface area contributed by atoms with Crippen molar-refractivity contribution in [3.8, 4) is 11.1 Å². The first-order valence-electron chi connectivity index (χ1n) is 5.36. The van der Waals surface area contributed by atoms with Gasteiger partial charge in [-0.3, -0.25) is 0 Å². The van der Waals surface area contributed by atoms with Crippen molar-refractivity contribution >= 4 is 0 Å². The Morgan fingerprint density at radius 2 is 1.47 bits per heavy atom. The number of halogens is 2. The zero-order valence-electron chi connectivity index (χ0n) is 9.16. The molecule has 0 aliphatic carbocycles. The SMILES string of the molecule is OCCc1ccc(-c2ccc(F)c(F)c2)cc1. The van der Waals surface area contributed by atoms with Gasteiger partial charge in [0.25, 0.3) is 0 Å². The summed E-state index contributed by atoms with van der Waals surface area (Å²) in [5, 5.41) is 8.78. The number of rotatable bonds is 3. The van der Waals surface area contributed by atoms with Gasteiger partial charge in [0.1, 0.15) is 0 Å². The smallest absolute Gasteiger partial charge is 0.159 e. The van der Waals surface area contributed by atoms with Gasteiger partial charge in [-0.15, -0.1) is 0 Å². The number of hydrogen-bond donors (Lipinski definition) is 1. The van der Waals surface area contributed by atoms with Crippen molar-refractivity contribution in [2.75, 3.05) is 6.61 Å². The van der Waals surface area contributed by atoms with Crippen LogP contribution < -0.4 is 0 Å². The van der Waals surface area contributed by atoms with Crippen molar-refractivity contribution < 1.29 is 13.9 Å². The molecule has 2 aromatic carbocycles. The number of aliphatic hydroxyl groups is 1. The first-order chi connectivity index (χ1) is 8.20. The quantitative estimate of drug-likeness (QED) is 0.864. The van der Waals surface area contributed by atoms with E-state index in [-0.39, 0.29) is 6.61 Å². The molecule has 3 heteroatoms. The summed E-state index contributed by atoms with van der Waals surface area (Å²) in [6.07, 6.45) is 0.595. The Labute approximate surface area is 98.3 Å². The van der Waals surface area contributed by atoms with Crippen molar-refractivity contribution in [2.45, 2.75) is 6.42 Å². The molecular weight excluding hydrogens is 222 g/mol. The van der Waals surface area contributed by atoms with Crippen molar-refractivity contribution in [3.05, 3.63) is 59.7 Å². The predicted octanol–water partition coefficient (Wildman–Crippen LogP) is 3.17. The summed E-state index contributed by atoms with van der Waals surface area (Å²) in [5.74, 6) is -1.69. The van der Waals surface area contributed by atoms with Crippen LogP contribution in [0, 0.1) is 11.6 Å². The van der Waals surface area contributed by atoms with Crippen LogP contribution in [0.4, 0.5) is 8.78 Å². The number of aliphatic hydroxyl groups excluding tert-OH is 1. The Morgan fingerprint density at radius 3 is 2.06 bits per heavy atom. The van der Waals surface area contributed by atoms with Gasteiger partial charge in [-0.1, -0.05) is 30.3 Å². The van der Waals surface area contributed by atoms with Crippen LogP contribution >= 0.6 is 0 Å². The third-order valence-corrected chi connectivity index (χ3v) is 2.61. The van der Waals surface area contributed by atoms with E-state index in [2.05, 4.69) is 0 Å². The number of hydrogen-bond acceptors (Lipinski definition) is 1. The largest absolute Gasteiger partial charge is 0.396 e. The highest BCUT2D eigenvalue weighted by molar-refractivity contribution is 5.63. The summed E-state index contributed by atoms with van der Waals surface area (Å²) < 4.78 is 25.8. The van der Waals surface area contributed by atoms with Crippen LogP contribution in [0.3, 0.4) is 0 Å². The molecule has 0 saturated carbocycles. The lowest BCUT2D eigenvalue weighted by molar-refractivity contribution is 0.299. The normalized spacial score (nSPS) is 10.5. The Hall–Kier alpha value is -1.74. The summed E-state index contributed by atoms with van der Waals surface area (Å²) in [5.41, 5.74) is 2.48. The van der Waals surface area contributed by atoms with E-state index in [1.54, 1.807) is 6.07 Å². The monoisotopic (exact) mass is 234 g/mol. The minimum Gasteiger partial charge on any atom is -0.396 e. The minimum absolute atomic E-state index is 0.102. The first kappa shape index (κ1) is 11.7. The van der Waals surface area contributed by atoms with E-state index >= 15 is 0 Å². The van der Waals surface area contributed by atoms with E-state index in [4.69, 9.17) is 5.11 Å². The molecule has 0 spiro atoms. The molecule has 2 aromatic rings. The van der Waals surface area contributed by atoms with Gasteiger partial charge in [0.05, 0.1) is 0 Å². The molecular formula is C14H12F2O. The molecule has 0 heterocycles. The second-order valence-corrected chi connectivity index (χ2v) is 3.80. The van der Waals surface area contributed by atoms with Crippen LogP contribution in [0.5, 0.6) is 0 Å². The van der Waals surface area contributed by atoms with Crippen LogP contribution in [-0.2, 0) is 6.42 Å². The highest BCUT2D eigenvalue weighted by Gasteiger charge is 2.04. The third-order valence-electron chi connectivity index (χ3n) is 2.61. The maximum Gasteiger partial charge on any atom is 0.159 e. The summed E-state index contributed by atoms with van der Waals surface area (Å²) >= 11 is 0. The molecule has 0 amide bonds. The van der Waals surface area contributed by atoms with E-state index in [9.17, 15) is 8.78 Å². The second kappa shape index (κ2) is 5.06. The van der Waals surface area contributed by atoms with E-state index in [0.717, 1.165) is 17.2 Å². The summed E-state index contributed by atoms with van der Waals surface area (Å²) in [4.78, 5) is 0. The molecule has 1 nitrogen and oxygen atoms in total. The van der Waals surface area contributed by atoms with Crippen LogP contribution in [0.2, 0.25) is 0 Å². The average molecular weight is 234 g/mol. The molecule has 0 radical (unpaired) electrons. The minimum atomic E-state index is -0.845. The van der Waals surface area contributed by atoms with E-state index < -0.39 is 11.6 Å². The summed E-state index contributed by atoms with van der Waals surface area (Å²) in [7, 11) is 0. The predicted molar refractivity (Wildman–Crippen MR) is 62.6 cm³/mol. The number of benzene rings is 2. The van der Waals surface area contributed by atoms with Crippen molar-refractivity contribution in [1.29, 1.82) is 0 Å². The topological polar surface area (TPSA) is 20.2 Å². The average Bonchev–Trinajstić information content (AvgIpc) is 2.34. The van der Waals surface area contributed by atoms with Gasteiger partial charge >= 0.3 is 0 Å². The highest BCUT2D eigenvalue weighted by Crippen LogP contribution is 2.22. The van der Waals surface area contributed by atoms with Gasteiger partial charge in [-0.25, -0.2) is 8.78 Å². The molecule has 2 rings (SSSR count). The van der Waals surface area contributed by atoms with Crippen LogP contribution in [0.25, 0.3) is 11.1 Å². The molecule has 0 aromatic heterocycles. The van der Waals surface area contributed by atoms with Gasteiger partial charge in [-0.05, 0) is 35.2 Å². The Kier molecular flexibility index (Phi) is 3.49.